The second kappa shape index (κ2) is 7.13. The Labute approximate surface area is 86.0 Å². The number of carbonyl (C=O) groups is 1. The number of ether oxygens (including phenoxy) is 1. The van der Waals surface area contributed by atoms with Crippen molar-refractivity contribution in [3.8, 4) is 0 Å². The van der Waals surface area contributed by atoms with Crippen LogP contribution in [0, 0.1) is 0 Å². The van der Waals surface area contributed by atoms with Gasteiger partial charge in [-0.1, -0.05) is 23.8 Å². The van der Waals surface area contributed by atoms with Crippen molar-refractivity contribution < 1.29 is 9.53 Å². The van der Waals surface area contributed by atoms with Gasteiger partial charge in [-0.25, -0.2) is 4.79 Å². The van der Waals surface area contributed by atoms with E-state index in [9.17, 15) is 4.79 Å². The van der Waals surface area contributed by atoms with Crippen molar-refractivity contribution >= 4 is 5.97 Å². The number of esters is 1. The van der Waals surface area contributed by atoms with Gasteiger partial charge in [0.1, 0.15) is 0 Å². The SMILES string of the molecule is C=COC(=O)/C=C(\C)CCC=C(C)C. The van der Waals surface area contributed by atoms with Crippen molar-refractivity contribution in [3.63, 3.8) is 0 Å². The monoisotopic (exact) mass is 194 g/mol. The van der Waals surface area contributed by atoms with Crippen molar-refractivity contribution in [2.45, 2.75) is 33.6 Å². The van der Waals surface area contributed by atoms with Gasteiger partial charge in [0, 0.05) is 6.08 Å². The Bertz CT molecular complexity index is 255. The minimum Gasteiger partial charge on any atom is -0.432 e. The number of hydrogen-bond donors (Lipinski definition) is 0. The van der Waals surface area contributed by atoms with Crippen molar-refractivity contribution in [2.24, 2.45) is 0 Å². The average Bonchev–Trinajstić information content (AvgIpc) is 2.03. The van der Waals surface area contributed by atoms with Gasteiger partial charge in [-0.3, -0.25) is 0 Å². The molecule has 0 N–H and O–H groups in total. The van der Waals surface area contributed by atoms with Gasteiger partial charge in [0.25, 0.3) is 0 Å². The van der Waals surface area contributed by atoms with Gasteiger partial charge in [0.2, 0.25) is 0 Å². The van der Waals surface area contributed by atoms with Crippen LogP contribution in [0.3, 0.4) is 0 Å². The summed E-state index contributed by atoms with van der Waals surface area (Å²) in [5.41, 5.74) is 2.32. The molecule has 0 saturated heterocycles. The lowest BCUT2D eigenvalue weighted by Crippen LogP contribution is -1.94. The van der Waals surface area contributed by atoms with E-state index in [-0.39, 0.29) is 5.97 Å². The summed E-state index contributed by atoms with van der Waals surface area (Å²) in [4.78, 5) is 11.0. The molecule has 0 heterocycles. The van der Waals surface area contributed by atoms with Crippen LogP contribution in [0.2, 0.25) is 0 Å². The highest BCUT2D eigenvalue weighted by Gasteiger charge is 1.96. The summed E-state index contributed by atoms with van der Waals surface area (Å²) in [5.74, 6) is -0.352. The third-order valence-corrected chi connectivity index (χ3v) is 1.65. The molecule has 0 aliphatic carbocycles. The summed E-state index contributed by atoms with van der Waals surface area (Å²) in [7, 11) is 0. The van der Waals surface area contributed by atoms with Gasteiger partial charge in [-0.2, -0.15) is 0 Å². The molecule has 0 aromatic rings. The van der Waals surface area contributed by atoms with E-state index in [0.717, 1.165) is 24.7 Å². The number of rotatable bonds is 5. The first kappa shape index (κ1) is 12.7. The highest BCUT2D eigenvalue weighted by Crippen LogP contribution is 2.06. The van der Waals surface area contributed by atoms with Crippen molar-refractivity contribution in [1.82, 2.24) is 0 Å². The van der Waals surface area contributed by atoms with Crippen LogP contribution < -0.4 is 0 Å². The Kier molecular flexibility index (Phi) is 6.46. The standard InChI is InChI=1S/C12H18O2/c1-5-14-12(13)9-11(4)8-6-7-10(2)3/h5,7,9H,1,6,8H2,2-4H3/b11-9+. The third kappa shape index (κ3) is 7.35. The van der Waals surface area contributed by atoms with E-state index in [1.807, 2.05) is 6.92 Å². The summed E-state index contributed by atoms with van der Waals surface area (Å²) in [6.45, 7) is 9.35. The van der Waals surface area contributed by atoms with Gasteiger partial charge in [0.05, 0.1) is 6.26 Å². The first-order valence-electron chi connectivity index (χ1n) is 4.68. The van der Waals surface area contributed by atoms with Gasteiger partial charge in [-0.05, 0) is 33.6 Å². The van der Waals surface area contributed by atoms with E-state index in [1.54, 1.807) is 0 Å². The largest absolute Gasteiger partial charge is 0.432 e. The van der Waals surface area contributed by atoms with Crippen LogP contribution in [0.1, 0.15) is 33.6 Å². The summed E-state index contributed by atoms with van der Waals surface area (Å²) in [6, 6.07) is 0. The quantitative estimate of drug-likeness (QED) is 0.290. The Morgan fingerprint density at radius 3 is 2.50 bits per heavy atom. The molecule has 0 rings (SSSR count). The van der Waals surface area contributed by atoms with Crippen LogP contribution in [0.25, 0.3) is 0 Å². The zero-order chi connectivity index (χ0) is 11.0. The molecular formula is C12H18O2. The number of allylic oxidation sites excluding steroid dienone is 3. The second-order valence-electron chi connectivity index (χ2n) is 3.41. The first-order valence-corrected chi connectivity index (χ1v) is 4.68. The smallest absolute Gasteiger partial charge is 0.335 e. The third-order valence-electron chi connectivity index (χ3n) is 1.65. The molecule has 0 aliphatic heterocycles. The van der Waals surface area contributed by atoms with E-state index >= 15 is 0 Å². The molecule has 0 aromatic carbocycles. The van der Waals surface area contributed by atoms with Gasteiger partial charge in [0.15, 0.2) is 0 Å². The number of hydrogen-bond acceptors (Lipinski definition) is 2. The molecule has 0 amide bonds. The summed E-state index contributed by atoms with van der Waals surface area (Å²) >= 11 is 0. The lowest BCUT2D eigenvalue weighted by atomic mass is 10.1. The normalized spacial score (nSPS) is 10.6. The zero-order valence-electron chi connectivity index (χ0n) is 9.17. The minimum atomic E-state index is -0.352. The zero-order valence-corrected chi connectivity index (χ0v) is 9.17. The molecule has 2 heteroatoms. The molecule has 0 aliphatic rings. The summed E-state index contributed by atoms with van der Waals surface area (Å²) in [6.07, 6.45) is 6.64. The lowest BCUT2D eigenvalue weighted by Gasteiger charge is -1.98. The van der Waals surface area contributed by atoms with Gasteiger partial charge < -0.3 is 4.74 Å². The Morgan fingerprint density at radius 2 is 2.00 bits per heavy atom. The van der Waals surface area contributed by atoms with Crippen LogP contribution in [0.4, 0.5) is 0 Å². The predicted molar refractivity (Wildman–Crippen MR) is 58.7 cm³/mol. The molecule has 0 saturated carbocycles. The first-order chi connectivity index (χ1) is 6.56. The van der Waals surface area contributed by atoms with Crippen molar-refractivity contribution in [3.05, 3.63) is 36.1 Å². The van der Waals surface area contributed by atoms with Crippen LogP contribution in [0.5, 0.6) is 0 Å². The Balaban J connectivity index is 3.94. The van der Waals surface area contributed by atoms with Gasteiger partial charge in [-0.15, -0.1) is 0 Å². The average molecular weight is 194 g/mol. The van der Waals surface area contributed by atoms with Crippen LogP contribution >= 0.6 is 0 Å². The number of carbonyl (C=O) groups excluding carboxylic acids is 1. The van der Waals surface area contributed by atoms with E-state index in [0.29, 0.717) is 0 Å². The summed E-state index contributed by atoms with van der Waals surface area (Å²) < 4.78 is 4.57. The lowest BCUT2D eigenvalue weighted by molar-refractivity contribution is -0.132. The molecule has 14 heavy (non-hydrogen) atoms. The summed E-state index contributed by atoms with van der Waals surface area (Å²) in [5, 5.41) is 0. The van der Waals surface area contributed by atoms with Gasteiger partial charge >= 0.3 is 5.97 Å². The Morgan fingerprint density at radius 1 is 1.36 bits per heavy atom. The molecule has 2 nitrogen and oxygen atoms in total. The van der Waals surface area contributed by atoms with E-state index in [2.05, 4.69) is 31.2 Å². The molecule has 0 bridgehead atoms. The molecule has 0 spiro atoms. The van der Waals surface area contributed by atoms with Crippen molar-refractivity contribution in [1.29, 1.82) is 0 Å². The fraction of sp³-hybridized carbons (Fsp3) is 0.417. The predicted octanol–water partition coefficient (Wildman–Crippen LogP) is 3.37. The fourth-order valence-corrected chi connectivity index (χ4v) is 0.978. The highest BCUT2D eigenvalue weighted by molar-refractivity contribution is 5.83. The van der Waals surface area contributed by atoms with E-state index in [1.165, 1.54) is 11.6 Å². The van der Waals surface area contributed by atoms with Crippen LogP contribution in [0.15, 0.2) is 36.1 Å². The highest BCUT2D eigenvalue weighted by atomic mass is 16.5. The Hall–Kier alpha value is -1.31. The van der Waals surface area contributed by atoms with E-state index in [4.69, 9.17) is 0 Å². The minimum absolute atomic E-state index is 0.352. The maximum atomic E-state index is 11.0. The molecule has 0 aromatic heterocycles. The molecule has 0 atom stereocenters. The molecule has 0 unspecified atom stereocenters. The topological polar surface area (TPSA) is 26.3 Å². The molecule has 78 valence electrons. The molecular weight excluding hydrogens is 176 g/mol. The van der Waals surface area contributed by atoms with Crippen LogP contribution in [-0.2, 0) is 9.53 Å². The molecule has 0 fully saturated rings. The maximum Gasteiger partial charge on any atom is 0.335 e. The maximum absolute atomic E-state index is 11.0. The van der Waals surface area contributed by atoms with Crippen molar-refractivity contribution in [2.75, 3.05) is 0 Å². The van der Waals surface area contributed by atoms with Crippen LogP contribution in [-0.4, -0.2) is 5.97 Å². The second-order valence-corrected chi connectivity index (χ2v) is 3.41. The molecule has 0 radical (unpaired) electrons. The van der Waals surface area contributed by atoms with E-state index < -0.39 is 0 Å². The fourth-order valence-electron chi connectivity index (χ4n) is 0.978.